The average Bonchev–Trinajstić information content (AvgIpc) is 0.734. The Morgan fingerprint density at radius 3 is 1.05 bits per heavy atom. The first-order valence-electron chi connectivity index (χ1n) is 36.3. The fourth-order valence-electron chi connectivity index (χ4n) is 13.3. The van der Waals surface area contributed by atoms with E-state index in [9.17, 15) is 5.11 Å². The van der Waals surface area contributed by atoms with Crippen molar-refractivity contribution < 1.29 is 88.8 Å². The predicted molar refractivity (Wildman–Crippen MR) is 396 cm³/mol. The number of hydrogen-bond acceptors (Lipinski definition) is 19. The van der Waals surface area contributed by atoms with Gasteiger partial charge < -0.3 is 76.2 Å². The molecule has 19 nitrogen and oxygen atoms in total. The Bertz CT molecular complexity index is 4020. The van der Waals surface area contributed by atoms with E-state index in [1.165, 1.54) is 0 Å². The van der Waals surface area contributed by atoms with Crippen LogP contribution in [0, 0.1) is 0 Å². The summed E-state index contributed by atoms with van der Waals surface area (Å²) in [6.45, 7) is 3.51. The molecule has 15 atom stereocenters. The normalized spacial score (nSPS) is 25.4. The number of aliphatic hydroxyl groups is 1. The first-order valence-corrected chi connectivity index (χ1v) is 37.9. The number of ether oxygens (including phenoxy) is 15. The maximum absolute atomic E-state index is 15.2. The third-order valence-electron chi connectivity index (χ3n) is 18.5. The third kappa shape index (κ3) is 22.7. The molecule has 0 spiro atoms. The van der Waals surface area contributed by atoms with Crippen LogP contribution < -0.4 is 0 Å². The van der Waals surface area contributed by atoms with Crippen LogP contribution in [-0.2, 0) is 145 Å². The van der Waals surface area contributed by atoms with E-state index in [-0.39, 0.29) is 92.5 Å². The lowest BCUT2D eigenvalue weighted by Crippen LogP contribution is -2.73. The lowest BCUT2D eigenvalue weighted by molar-refractivity contribution is -0.412. The molecule has 3 aliphatic heterocycles. The van der Waals surface area contributed by atoms with Gasteiger partial charge in [-0.05, 0) is 63.9 Å². The molecule has 3 heterocycles. The van der Waals surface area contributed by atoms with Crippen molar-refractivity contribution in [2.24, 2.45) is 0 Å². The summed E-state index contributed by atoms with van der Waals surface area (Å²) >= 11 is 0. The molecule has 3 fully saturated rings. The maximum atomic E-state index is 15.2. The first-order chi connectivity index (χ1) is 52.0. The summed E-state index contributed by atoms with van der Waals surface area (Å²) < 4.78 is 141. The fourth-order valence-corrected chi connectivity index (χ4v) is 14.5. The minimum absolute atomic E-state index is 0.00396. The molecule has 3 saturated heterocycles. The molecule has 20 heteroatoms. The van der Waals surface area contributed by atoms with Gasteiger partial charge in [0.1, 0.15) is 72.9 Å². The van der Waals surface area contributed by atoms with Gasteiger partial charge in [0.15, 0.2) is 12.6 Å². The van der Waals surface area contributed by atoms with E-state index in [1.807, 2.05) is 280 Å². The molecule has 0 unspecified atom stereocenters. The Morgan fingerprint density at radius 1 is 0.349 bits per heavy atom. The van der Waals surface area contributed by atoms with Crippen molar-refractivity contribution in [1.82, 2.24) is 0 Å². The molecule has 12 rings (SSSR count). The summed E-state index contributed by atoms with van der Waals surface area (Å²) in [4.78, 5) is 0. The van der Waals surface area contributed by atoms with E-state index >= 15 is 8.42 Å². The number of rotatable bonds is 40. The smallest absolute Gasteiger partial charge is 0.272 e. The average molecular weight is 1470 g/mol. The highest BCUT2D eigenvalue weighted by atomic mass is 32.2. The summed E-state index contributed by atoms with van der Waals surface area (Å²) in [5.74, 6) is -3.51. The van der Waals surface area contributed by atoms with Crippen LogP contribution in [0.1, 0.15) is 63.9 Å². The molecule has 0 aromatic heterocycles. The Hall–Kier alpha value is -7.75. The second-order valence-electron chi connectivity index (χ2n) is 26.4. The second-order valence-corrected chi connectivity index (χ2v) is 28.1. The quantitative estimate of drug-likeness (QED) is 0.0280. The van der Waals surface area contributed by atoms with E-state index in [0.717, 1.165) is 50.1 Å². The summed E-state index contributed by atoms with van der Waals surface area (Å²) in [6, 6.07) is 87.0. The lowest BCUT2D eigenvalue weighted by Gasteiger charge is -2.54. The molecule has 9 aromatic rings. The minimum Gasteiger partial charge on any atom is -0.387 e. The van der Waals surface area contributed by atoms with Gasteiger partial charge in [0.05, 0.1) is 98.6 Å². The highest BCUT2D eigenvalue weighted by Crippen LogP contribution is 2.43. The Balaban J connectivity index is 0.925. The SMILES string of the molecule is CCOS(=O)(=O)C[C@]1(O[C@H]2[C@@H](O)[C@@H](COCc3ccccc3)O[C@@H](OCCO[C@@H]3O[C@@H](C)[C@@H](OCc4ccccc4)[C@@H](OCc4ccccc4)[C@@H]3OCc3ccccc3)[C@@H]2OCc2ccccc2)O[C@H](COCc2ccccc2)[C@@H](OCc2ccccc2)[C@H](OCc2ccccc2)[C@H]1OCc1ccccc1. The third-order valence-corrected chi connectivity index (χ3v) is 19.9. The van der Waals surface area contributed by atoms with Crippen molar-refractivity contribution >= 4 is 10.1 Å². The molecule has 0 aliphatic carbocycles. The van der Waals surface area contributed by atoms with Crippen LogP contribution in [-0.4, -0.2) is 144 Å². The zero-order chi connectivity index (χ0) is 73.0. The summed E-state index contributed by atoms with van der Waals surface area (Å²) in [5.41, 5.74) is 7.71. The van der Waals surface area contributed by atoms with Gasteiger partial charge in [0.25, 0.3) is 10.1 Å². The van der Waals surface area contributed by atoms with E-state index in [0.29, 0.717) is 0 Å². The van der Waals surface area contributed by atoms with Gasteiger partial charge in [-0.3, -0.25) is 4.18 Å². The predicted octanol–water partition coefficient (Wildman–Crippen LogP) is 13.2. The van der Waals surface area contributed by atoms with E-state index < -0.39 is 107 Å². The molecular weight excluding hydrogens is 1370 g/mol. The monoisotopic (exact) mass is 1460 g/mol. The van der Waals surface area contributed by atoms with Crippen LogP contribution in [0.5, 0.6) is 0 Å². The number of aliphatic hydroxyl groups excluding tert-OH is 1. The molecule has 106 heavy (non-hydrogen) atoms. The maximum Gasteiger partial charge on any atom is 0.272 e. The van der Waals surface area contributed by atoms with Gasteiger partial charge in [-0.1, -0.05) is 273 Å². The zero-order valence-electron chi connectivity index (χ0n) is 59.9. The van der Waals surface area contributed by atoms with Crippen LogP contribution in [0.25, 0.3) is 0 Å². The molecule has 0 radical (unpaired) electrons. The van der Waals surface area contributed by atoms with Gasteiger partial charge in [-0.2, -0.15) is 8.42 Å². The summed E-state index contributed by atoms with van der Waals surface area (Å²) in [7, 11) is -4.70. The lowest BCUT2D eigenvalue weighted by atomic mass is 9.91. The van der Waals surface area contributed by atoms with Crippen LogP contribution in [0.4, 0.5) is 0 Å². The Morgan fingerprint density at radius 2 is 0.660 bits per heavy atom. The number of hydrogen-bond donors (Lipinski definition) is 1. The standard InChI is InChI=1S/C86H96O19S/c1-3-101-106(88,89)62-86(83(100-59-72-47-29-12-30-48-72)80(97-56-69-41-23-9-24-42-69)77(95-54-67-37-19-7-20-38-67)74(104-86)61-91-52-65-33-15-5-16-34-65)105-78-75(87)73(60-90-51-64-31-13-4-14-32-64)103-85(81(78)98-57-70-43-25-10-26-44-70)93-50-49-92-84-82(99-58-71-45-27-11-28-46-71)79(96-55-68-39-21-8-22-40-68)76(63(2)102-84)94-53-66-35-17-6-18-36-66/h4-48,63,73-85,87H,3,49-62H2,1-2H3/t63-,73+,74+,75-,76+,77+,78-,79+,80-,81+,82-,83+,84+,85+,86+/m0/s1. The molecule has 0 amide bonds. The molecule has 0 bridgehead atoms. The second kappa shape index (κ2) is 40.4. The van der Waals surface area contributed by atoms with Gasteiger partial charge in [0, 0.05) is 0 Å². The van der Waals surface area contributed by atoms with Crippen LogP contribution in [0.15, 0.2) is 273 Å². The largest absolute Gasteiger partial charge is 0.387 e. The van der Waals surface area contributed by atoms with Crippen molar-refractivity contribution in [3.05, 3.63) is 323 Å². The highest BCUT2D eigenvalue weighted by molar-refractivity contribution is 7.86. The van der Waals surface area contributed by atoms with Crippen molar-refractivity contribution in [3.8, 4) is 0 Å². The Kier molecular flexibility index (Phi) is 29.7. The molecule has 3 aliphatic rings. The molecular formula is C86H96O19S. The fraction of sp³-hybridized carbons (Fsp3) is 0.372. The van der Waals surface area contributed by atoms with Crippen LogP contribution in [0.2, 0.25) is 0 Å². The molecule has 1 N–H and O–H groups in total. The van der Waals surface area contributed by atoms with Gasteiger partial charge in [0.2, 0.25) is 5.79 Å². The minimum atomic E-state index is -4.70. The van der Waals surface area contributed by atoms with Gasteiger partial charge in [-0.25, -0.2) is 0 Å². The topological polar surface area (TPSA) is 202 Å². The van der Waals surface area contributed by atoms with Crippen LogP contribution in [0.3, 0.4) is 0 Å². The number of benzene rings is 9. The van der Waals surface area contributed by atoms with Crippen molar-refractivity contribution in [1.29, 1.82) is 0 Å². The Labute approximate surface area is 622 Å². The zero-order valence-corrected chi connectivity index (χ0v) is 60.7. The summed E-state index contributed by atoms with van der Waals surface area (Å²) in [6.07, 6.45) is -16.1. The van der Waals surface area contributed by atoms with E-state index in [1.54, 1.807) is 6.92 Å². The van der Waals surface area contributed by atoms with Crippen molar-refractivity contribution in [2.45, 2.75) is 165 Å². The first kappa shape index (κ1) is 77.9. The van der Waals surface area contributed by atoms with Gasteiger partial charge in [-0.15, -0.1) is 0 Å². The van der Waals surface area contributed by atoms with Crippen LogP contribution >= 0.6 is 0 Å². The molecule has 0 saturated carbocycles. The molecule has 9 aromatic carbocycles. The van der Waals surface area contributed by atoms with E-state index in [4.69, 9.17) is 75.2 Å². The van der Waals surface area contributed by atoms with Gasteiger partial charge >= 0.3 is 0 Å². The van der Waals surface area contributed by atoms with Crippen molar-refractivity contribution in [3.63, 3.8) is 0 Å². The summed E-state index contributed by atoms with van der Waals surface area (Å²) in [5, 5.41) is 13.5. The highest BCUT2D eigenvalue weighted by Gasteiger charge is 2.63. The van der Waals surface area contributed by atoms with Crippen molar-refractivity contribution in [2.75, 3.05) is 38.8 Å². The van der Waals surface area contributed by atoms with E-state index in [2.05, 4.69) is 0 Å². The molecule has 560 valence electrons.